The molecule has 200 valence electrons. The molecule has 0 aromatic heterocycles. The first kappa shape index (κ1) is 30.2. The number of halogens is 1. The van der Waals surface area contributed by atoms with Crippen molar-refractivity contribution in [3.8, 4) is 0 Å². The summed E-state index contributed by atoms with van der Waals surface area (Å²) in [5.74, 6) is -0.647. The van der Waals surface area contributed by atoms with Crippen LogP contribution in [0.3, 0.4) is 0 Å². The fraction of sp³-hybridized carbons (Fsp3) is 0.424. The quantitative estimate of drug-likeness (QED) is 0.189. The highest BCUT2D eigenvalue weighted by Crippen LogP contribution is 2.36. The van der Waals surface area contributed by atoms with Crippen molar-refractivity contribution in [1.29, 1.82) is 0 Å². The van der Waals surface area contributed by atoms with Gasteiger partial charge in [-0.2, -0.15) is 0 Å². The molecule has 4 heteroatoms. The SMILES string of the molecule is CCC[N+](CCC)(CCC)CCC.O=C(CF)NC(c1ccccc1)(c1ccccc1)c1ccccc1. The lowest BCUT2D eigenvalue weighted by Gasteiger charge is -2.38. The van der Waals surface area contributed by atoms with Gasteiger partial charge in [-0.3, -0.25) is 4.79 Å². The first-order chi connectivity index (χ1) is 18.0. The molecule has 3 nitrogen and oxygen atoms in total. The first-order valence-electron chi connectivity index (χ1n) is 13.9. The lowest BCUT2D eigenvalue weighted by molar-refractivity contribution is -0.928. The molecule has 0 spiro atoms. The van der Waals surface area contributed by atoms with Crippen LogP contribution >= 0.6 is 0 Å². The number of nitrogens with one attached hydrogen (secondary N) is 1. The van der Waals surface area contributed by atoms with E-state index in [-0.39, 0.29) is 0 Å². The fourth-order valence-corrected chi connectivity index (χ4v) is 5.59. The van der Waals surface area contributed by atoms with E-state index < -0.39 is 18.1 Å². The Bertz CT molecular complexity index is 882. The Hall–Kier alpha value is -2.98. The van der Waals surface area contributed by atoms with E-state index in [1.807, 2.05) is 91.0 Å². The average Bonchev–Trinajstić information content (AvgIpc) is 2.94. The molecule has 0 saturated heterocycles. The molecule has 0 radical (unpaired) electrons. The number of carbonyl (C=O) groups is 1. The maximum absolute atomic E-state index is 13.1. The molecule has 0 heterocycles. The number of hydrogen-bond donors (Lipinski definition) is 1. The van der Waals surface area contributed by atoms with E-state index in [0.717, 1.165) is 16.7 Å². The topological polar surface area (TPSA) is 29.1 Å². The van der Waals surface area contributed by atoms with Gasteiger partial charge in [0.25, 0.3) is 5.91 Å². The summed E-state index contributed by atoms with van der Waals surface area (Å²) in [6.07, 6.45) is 5.33. The second kappa shape index (κ2) is 16.0. The molecule has 3 aromatic carbocycles. The van der Waals surface area contributed by atoms with Crippen molar-refractivity contribution < 1.29 is 13.7 Å². The van der Waals surface area contributed by atoms with Crippen LogP contribution in [0.25, 0.3) is 0 Å². The van der Waals surface area contributed by atoms with E-state index in [4.69, 9.17) is 0 Å². The Kier molecular flexibility index (Phi) is 13.1. The number of nitrogens with zero attached hydrogens (tertiary/aromatic N) is 1. The third-order valence-corrected chi connectivity index (χ3v) is 6.86. The Labute approximate surface area is 224 Å². The molecule has 0 fully saturated rings. The van der Waals surface area contributed by atoms with Gasteiger partial charge in [0.15, 0.2) is 6.67 Å². The molecule has 0 bridgehead atoms. The molecule has 3 aromatic rings. The monoisotopic (exact) mass is 505 g/mol. The highest BCUT2D eigenvalue weighted by atomic mass is 19.1. The second-order valence-corrected chi connectivity index (χ2v) is 9.77. The van der Waals surface area contributed by atoms with Gasteiger partial charge in [0.1, 0.15) is 5.54 Å². The molecular weight excluding hydrogens is 459 g/mol. The minimum absolute atomic E-state index is 0.647. The van der Waals surface area contributed by atoms with Gasteiger partial charge in [0, 0.05) is 0 Å². The Morgan fingerprint density at radius 3 is 1.16 bits per heavy atom. The normalized spacial score (nSPS) is 11.4. The number of quaternary nitrogens is 1. The Balaban J connectivity index is 0.000000317. The van der Waals surface area contributed by atoms with Crippen molar-refractivity contribution in [2.24, 2.45) is 0 Å². The minimum atomic E-state index is -1.06. The molecule has 37 heavy (non-hydrogen) atoms. The number of amides is 1. The summed E-state index contributed by atoms with van der Waals surface area (Å²) in [6.45, 7) is 13.7. The molecule has 0 unspecified atom stereocenters. The first-order valence-corrected chi connectivity index (χ1v) is 13.9. The van der Waals surface area contributed by atoms with Gasteiger partial charge in [-0.05, 0) is 42.4 Å². The number of benzene rings is 3. The molecule has 0 aliphatic heterocycles. The maximum Gasteiger partial charge on any atom is 0.252 e. The molecule has 0 aliphatic rings. The smallest absolute Gasteiger partial charge is 0.252 e. The summed E-state index contributed by atoms with van der Waals surface area (Å²) in [6, 6.07) is 28.9. The summed E-state index contributed by atoms with van der Waals surface area (Å²) in [7, 11) is 0. The van der Waals surface area contributed by atoms with Crippen LogP contribution in [-0.2, 0) is 10.3 Å². The van der Waals surface area contributed by atoms with Crippen molar-refractivity contribution in [1.82, 2.24) is 5.32 Å². The predicted octanol–water partition coefficient (Wildman–Crippen LogP) is 7.51. The lowest BCUT2D eigenvalue weighted by Crippen LogP contribution is -2.50. The molecule has 0 atom stereocenters. The van der Waals surface area contributed by atoms with Crippen LogP contribution in [0.1, 0.15) is 70.1 Å². The van der Waals surface area contributed by atoms with Crippen molar-refractivity contribution in [2.75, 3.05) is 32.9 Å². The van der Waals surface area contributed by atoms with Crippen molar-refractivity contribution >= 4 is 5.91 Å². The standard InChI is InChI=1S/C21H18FNO.C12H28N/c22-16-20(24)23-21(17-10-4-1-5-11-17,18-12-6-2-7-13-18)19-14-8-3-9-15-19;1-5-9-13(10-6-2,11-7-3)12-8-4/h1-15H,16H2,(H,23,24);5-12H2,1-4H3/q;+1. The summed E-state index contributed by atoms with van der Waals surface area (Å²) in [5.41, 5.74) is 1.70. The Morgan fingerprint density at radius 2 is 0.919 bits per heavy atom. The molecule has 1 amide bonds. The third kappa shape index (κ3) is 8.26. The fourth-order valence-electron chi connectivity index (χ4n) is 5.59. The van der Waals surface area contributed by atoms with Crippen LogP contribution in [0.2, 0.25) is 0 Å². The summed E-state index contributed by atoms with van der Waals surface area (Å²) in [5, 5.41) is 2.92. The van der Waals surface area contributed by atoms with Gasteiger partial charge >= 0.3 is 0 Å². The van der Waals surface area contributed by atoms with E-state index in [0.29, 0.717) is 0 Å². The van der Waals surface area contributed by atoms with Gasteiger partial charge in [-0.15, -0.1) is 0 Å². The van der Waals surface area contributed by atoms with Gasteiger partial charge in [-0.25, -0.2) is 4.39 Å². The molecular formula is C33H46FN2O+. The highest BCUT2D eigenvalue weighted by Gasteiger charge is 2.37. The second-order valence-electron chi connectivity index (χ2n) is 9.77. The van der Waals surface area contributed by atoms with Crippen molar-refractivity contribution in [2.45, 2.75) is 58.9 Å². The van der Waals surface area contributed by atoms with Crippen LogP contribution in [0.15, 0.2) is 91.0 Å². The zero-order chi connectivity index (χ0) is 27.0. The highest BCUT2D eigenvalue weighted by molar-refractivity contribution is 5.80. The van der Waals surface area contributed by atoms with Crippen molar-refractivity contribution in [3.05, 3.63) is 108 Å². The summed E-state index contributed by atoms with van der Waals surface area (Å²) < 4.78 is 14.4. The van der Waals surface area contributed by atoms with Crippen LogP contribution in [0, 0.1) is 0 Å². The van der Waals surface area contributed by atoms with Gasteiger partial charge in [-0.1, -0.05) is 119 Å². The van der Waals surface area contributed by atoms with Gasteiger partial charge in [0.2, 0.25) is 0 Å². The van der Waals surface area contributed by atoms with Crippen LogP contribution in [0.5, 0.6) is 0 Å². The number of carbonyl (C=O) groups excluding carboxylic acids is 1. The van der Waals surface area contributed by atoms with Crippen LogP contribution in [0.4, 0.5) is 4.39 Å². The summed E-state index contributed by atoms with van der Waals surface area (Å²) >= 11 is 0. The molecule has 0 saturated carbocycles. The van der Waals surface area contributed by atoms with E-state index in [2.05, 4.69) is 33.0 Å². The predicted molar refractivity (Wildman–Crippen MR) is 154 cm³/mol. The third-order valence-electron chi connectivity index (χ3n) is 6.86. The van der Waals surface area contributed by atoms with E-state index in [1.165, 1.54) is 56.3 Å². The largest absolute Gasteiger partial charge is 0.336 e. The van der Waals surface area contributed by atoms with E-state index in [9.17, 15) is 9.18 Å². The van der Waals surface area contributed by atoms with E-state index in [1.54, 1.807) is 0 Å². The minimum Gasteiger partial charge on any atom is -0.336 e. The number of rotatable bonds is 13. The maximum atomic E-state index is 13.1. The molecule has 1 N–H and O–H groups in total. The zero-order valence-electron chi connectivity index (χ0n) is 23.3. The number of hydrogen-bond acceptors (Lipinski definition) is 1. The van der Waals surface area contributed by atoms with Gasteiger partial charge in [0.05, 0.1) is 26.2 Å². The average molecular weight is 506 g/mol. The number of alkyl halides is 1. The van der Waals surface area contributed by atoms with Gasteiger partial charge < -0.3 is 9.80 Å². The molecule has 3 rings (SSSR count). The Morgan fingerprint density at radius 1 is 0.622 bits per heavy atom. The summed E-state index contributed by atoms with van der Waals surface area (Å²) in [4.78, 5) is 12.1. The molecule has 0 aliphatic carbocycles. The lowest BCUT2D eigenvalue weighted by atomic mass is 9.77. The van der Waals surface area contributed by atoms with Crippen molar-refractivity contribution in [3.63, 3.8) is 0 Å². The van der Waals surface area contributed by atoms with Crippen LogP contribution < -0.4 is 5.32 Å². The van der Waals surface area contributed by atoms with Crippen LogP contribution in [-0.4, -0.2) is 43.2 Å². The zero-order valence-corrected chi connectivity index (χ0v) is 23.3. The van der Waals surface area contributed by atoms with E-state index >= 15 is 0 Å².